The van der Waals surface area contributed by atoms with Crippen molar-refractivity contribution in [1.29, 1.82) is 0 Å². The van der Waals surface area contributed by atoms with Crippen molar-refractivity contribution in [3.05, 3.63) is 23.8 Å². The molecule has 1 N–H and O–H groups in total. The van der Waals surface area contributed by atoms with E-state index in [-0.39, 0.29) is 18.6 Å². The van der Waals surface area contributed by atoms with E-state index >= 15 is 0 Å². The van der Waals surface area contributed by atoms with Crippen molar-refractivity contribution in [2.75, 3.05) is 26.4 Å². The number of carbonyl (C=O) groups excluding carboxylic acids is 1. The van der Waals surface area contributed by atoms with Gasteiger partial charge in [0.25, 0.3) is 0 Å². The number of hydrogen-bond acceptors (Lipinski definition) is 5. The maximum atomic E-state index is 11.2. The minimum Gasteiger partial charge on any atom is -0.491 e. The van der Waals surface area contributed by atoms with Gasteiger partial charge in [-0.1, -0.05) is 6.92 Å². The molecule has 1 atom stereocenters. The fraction of sp³-hybridized carbons (Fsp3) is 0.533. The van der Waals surface area contributed by atoms with Crippen LogP contribution >= 0.6 is 0 Å². The lowest BCUT2D eigenvalue weighted by atomic mass is 10.1. The monoisotopic (exact) mass is 279 g/mol. The number of hydrogen-bond donors (Lipinski definition) is 1. The number of ether oxygens (including phenoxy) is 3. The van der Waals surface area contributed by atoms with Crippen LogP contribution in [0.25, 0.3) is 0 Å². The van der Waals surface area contributed by atoms with Crippen LogP contribution in [-0.2, 0) is 9.53 Å². The number of carbonyl (C=O) groups is 1. The van der Waals surface area contributed by atoms with E-state index in [0.717, 1.165) is 24.3 Å². The third-order valence-electron chi connectivity index (χ3n) is 3.07. The first kappa shape index (κ1) is 14.7. The molecule has 0 aliphatic carbocycles. The summed E-state index contributed by atoms with van der Waals surface area (Å²) in [6, 6.07) is 5.90. The van der Waals surface area contributed by atoms with Crippen molar-refractivity contribution in [3.8, 4) is 11.5 Å². The fourth-order valence-electron chi connectivity index (χ4n) is 2.11. The molecule has 0 spiro atoms. The highest BCUT2D eigenvalue weighted by Gasteiger charge is 2.23. The number of nitrogens with one attached hydrogen (secondary N) is 1. The van der Waals surface area contributed by atoms with Crippen molar-refractivity contribution in [3.63, 3.8) is 0 Å². The van der Waals surface area contributed by atoms with E-state index in [2.05, 4.69) is 12.2 Å². The minimum absolute atomic E-state index is 0.0792. The number of benzene rings is 1. The summed E-state index contributed by atoms with van der Waals surface area (Å²) < 4.78 is 15.8. The second-order valence-electron chi connectivity index (χ2n) is 4.61. The van der Waals surface area contributed by atoms with Gasteiger partial charge in [0.1, 0.15) is 18.1 Å². The molecule has 5 heteroatoms. The Morgan fingerprint density at radius 3 is 3.05 bits per heavy atom. The molecule has 20 heavy (non-hydrogen) atoms. The summed E-state index contributed by atoms with van der Waals surface area (Å²) in [6.45, 7) is 5.79. The lowest BCUT2D eigenvalue weighted by Gasteiger charge is -2.11. The molecule has 110 valence electrons. The minimum atomic E-state index is -0.364. The molecule has 1 heterocycles. The van der Waals surface area contributed by atoms with Crippen LogP contribution in [-0.4, -0.2) is 32.3 Å². The molecule has 0 radical (unpaired) electrons. The highest BCUT2D eigenvalue weighted by Crippen LogP contribution is 2.35. The Hall–Kier alpha value is -1.75. The SMILES string of the molecule is CCCNC1COc2cc(OCC(=O)OCC)ccc21. The maximum Gasteiger partial charge on any atom is 0.344 e. The fourth-order valence-corrected chi connectivity index (χ4v) is 2.11. The Labute approximate surface area is 119 Å². The van der Waals surface area contributed by atoms with Gasteiger partial charge in [-0.3, -0.25) is 0 Å². The van der Waals surface area contributed by atoms with Crippen LogP contribution in [0.15, 0.2) is 18.2 Å². The first-order chi connectivity index (χ1) is 9.74. The Bertz CT molecular complexity index is 461. The van der Waals surface area contributed by atoms with Gasteiger partial charge in [0, 0.05) is 11.6 Å². The van der Waals surface area contributed by atoms with Crippen LogP contribution in [0.1, 0.15) is 31.9 Å². The quantitative estimate of drug-likeness (QED) is 0.774. The van der Waals surface area contributed by atoms with E-state index in [1.54, 1.807) is 6.92 Å². The first-order valence-corrected chi connectivity index (χ1v) is 7.03. The summed E-state index contributed by atoms with van der Waals surface area (Å²) >= 11 is 0. The standard InChI is InChI=1S/C15H21NO4/c1-3-7-16-13-9-20-14-8-11(5-6-12(13)14)19-10-15(17)18-4-2/h5-6,8,13,16H,3-4,7,9-10H2,1-2H3. The van der Waals surface area contributed by atoms with Crippen LogP contribution < -0.4 is 14.8 Å². The van der Waals surface area contributed by atoms with Gasteiger partial charge in [-0.05, 0) is 32.0 Å². The summed E-state index contributed by atoms with van der Waals surface area (Å²) in [5.41, 5.74) is 1.14. The Kier molecular flexibility index (Phi) is 5.24. The summed E-state index contributed by atoms with van der Waals surface area (Å²) in [7, 11) is 0. The van der Waals surface area contributed by atoms with E-state index in [4.69, 9.17) is 14.2 Å². The predicted molar refractivity (Wildman–Crippen MR) is 75.1 cm³/mol. The van der Waals surface area contributed by atoms with E-state index in [1.807, 2.05) is 18.2 Å². The molecule has 1 aromatic carbocycles. The Morgan fingerprint density at radius 1 is 1.45 bits per heavy atom. The van der Waals surface area contributed by atoms with E-state index < -0.39 is 0 Å². The summed E-state index contributed by atoms with van der Waals surface area (Å²) in [5, 5.41) is 3.43. The van der Waals surface area contributed by atoms with Gasteiger partial charge in [-0.25, -0.2) is 4.79 Å². The molecular formula is C15H21NO4. The average Bonchev–Trinajstić information content (AvgIpc) is 2.85. The van der Waals surface area contributed by atoms with Crippen molar-refractivity contribution in [2.24, 2.45) is 0 Å². The van der Waals surface area contributed by atoms with Crippen LogP contribution in [0.2, 0.25) is 0 Å². The Balaban J connectivity index is 1.94. The van der Waals surface area contributed by atoms with Gasteiger partial charge < -0.3 is 19.5 Å². The van der Waals surface area contributed by atoms with Gasteiger partial charge >= 0.3 is 5.97 Å². The largest absolute Gasteiger partial charge is 0.491 e. The van der Waals surface area contributed by atoms with Crippen LogP contribution in [0, 0.1) is 0 Å². The summed E-state index contributed by atoms with van der Waals surface area (Å²) in [6.07, 6.45) is 1.09. The number of esters is 1. The van der Waals surface area contributed by atoms with E-state index in [1.165, 1.54) is 0 Å². The zero-order valence-electron chi connectivity index (χ0n) is 12.0. The first-order valence-electron chi connectivity index (χ1n) is 7.03. The number of rotatable bonds is 7. The zero-order valence-corrected chi connectivity index (χ0v) is 12.0. The zero-order chi connectivity index (χ0) is 14.4. The Morgan fingerprint density at radius 2 is 2.30 bits per heavy atom. The maximum absolute atomic E-state index is 11.2. The molecule has 0 fully saturated rings. The predicted octanol–water partition coefficient (Wildman–Crippen LogP) is 2.06. The molecule has 1 aliphatic heterocycles. The second-order valence-corrected chi connectivity index (χ2v) is 4.61. The third kappa shape index (κ3) is 3.63. The molecule has 1 unspecified atom stereocenters. The third-order valence-corrected chi connectivity index (χ3v) is 3.07. The second kappa shape index (κ2) is 7.14. The van der Waals surface area contributed by atoms with Gasteiger partial charge in [0.05, 0.1) is 12.6 Å². The van der Waals surface area contributed by atoms with Gasteiger partial charge in [-0.15, -0.1) is 0 Å². The molecule has 1 aliphatic rings. The van der Waals surface area contributed by atoms with Crippen molar-refractivity contribution < 1.29 is 19.0 Å². The molecule has 0 bridgehead atoms. The van der Waals surface area contributed by atoms with E-state index in [0.29, 0.717) is 19.0 Å². The summed E-state index contributed by atoms with van der Waals surface area (Å²) in [5.74, 6) is 1.07. The van der Waals surface area contributed by atoms with Gasteiger partial charge in [-0.2, -0.15) is 0 Å². The van der Waals surface area contributed by atoms with E-state index in [9.17, 15) is 4.79 Å². The van der Waals surface area contributed by atoms with Gasteiger partial charge in [0.2, 0.25) is 0 Å². The molecular weight excluding hydrogens is 258 g/mol. The van der Waals surface area contributed by atoms with Crippen molar-refractivity contribution in [2.45, 2.75) is 26.3 Å². The van der Waals surface area contributed by atoms with Crippen molar-refractivity contribution >= 4 is 5.97 Å². The molecule has 1 aromatic rings. The van der Waals surface area contributed by atoms with Crippen LogP contribution in [0.5, 0.6) is 11.5 Å². The smallest absolute Gasteiger partial charge is 0.344 e. The normalized spacial score (nSPS) is 16.4. The lowest BCUT2D eigenvalue weighted by Crippen LogP contribution is -2.22. The highest BCUT2D eigenvalue weighted by atomic mass is 16.6. The van der Waals surface area contributed by atoms with Crippen LogP contribution in [0.4, 0.5) is 0 Å². The molecule has 0 saturated heterocycles. The van der Waals surface area contributed by atoms with Crippen molar-refractivity contribution in [1.82, 2.24) is 5.32 Å². The summed E-state index contributed by atoms with van der Waals surface area (Å²) in [4.78, 5) is 11.2. The average molecular weight is 279 g/mol. The lowest BCUT2D eigenvalue weighted by molar-refractivity contribution is -0.145. The molecule has 0 saturated carbocycles. The number of fused-ring (bicyclic) bond motifs is 1. The molecule has 5 nitrogen and oxygen atoms in total. The molecule has 2 rings (SSSR count). The van der Waals surface area contributed by atoms with Gasteiger partial charge in [0.15, 0.2) is 6.61 Å². The topological polar surface area (TPSA) is 56.8 Å². The highest BCUT2D eigenvalue weighted by molar-refractivity contribution is 5.71. The molecule has 0 amide bonds. The molecule has 0 aromatic heterocycles. The van der Waals surface area contributed by atoms with Crippen LogP contribution in [0.3, 0.4) is 0 Å².